The Labute approximate surface area is 123 Å². The van der Waals surface area contributed by atoms with Crippen LogP contribution in [0.25, 0.3) is 11.1 Å². The van der Waals surface area contributed by atoms with Crippen molar-refractivity contribution in [1.82, 2.24) is 9.78 Å². The Morgan fingerprint density at radius 1 is 0.952 bits per heavy atom. The number of aryl methyl sites for hydroxylation is 1. The van der Waals surface area contributed by atoms with Gasteiger partial charge in [0.05, 0.1) is 0 Å². The van der Waals surface area contributed by atoms with Crippen LogP contribution in [0.1, 0.15) is 10.4 Å². The molecule has 3 aromatic rings. The van der Waals surface area contributed by atoms with Crippen molar-refractivity contribution in [3.8, 4) is 11.1 Å². The molecule has 0 aliphatic carbocycles. The fourth-order valence-corrected chi connectivity index (χ4v) is 2.11. The van der Waals surface area contributed by atoms with Gasteiger partial charge in [-0.15, -0.1) is 0 Å². The molecule has 0 aliphatic rings. The minimum absolute atomic E-state index is 0.159. The maximum absolute atomic E-state index is 12.1. The average molecular weight is 277 g/mol. The molecule has 2 aromatic carbocycles. The zero-order chi connectivity index (χ0) is 14.7. The summed E-state index contributed by atoms with van der Waals surface area (Å²) in [6, 6.07) is 19.4. The Morgan fingerprint density at radius 2 is 1.62 bits per heavy atom. The van der Waals surface area contributed by atoms with Crippen LogP contribution < -0.4 is 5.32 Å². The lowest BCUT2D eigenvalue weighted by atomic mass is 10.0. The molecule has 0 unspecified atom stereocenters. The van der Waals surface area contributed by atoms with Crippen molar-refractivity contribution in [2.45, 2.75) is 0 Å². The van der Waals surface area contributed by atoms with Crippen LogP contribution in [0.2, 0.25) is 0 Å². The van der Waals surface area contributed by atoms with Gasteiger partial charge < -0.3 is 5.32 Å². The fraction of sp³-hybridized carbons (Fsp3) is 0.0588. The van der Waals surface area contributed by atoms with Crippen LogP contribution in [0.15, 0.2) is 66.9 Å². The summed E-state index contributed by atoms with van der Waals surface area (Å²) in [4.78, 5) is 12.1. The molecule has 0 saturated carbocycles. The summed E-state index contributed by atoms with van der Waals surface area (Å²) >= 11 is 0. The third-order valence-corrected chi connectivity index (χ3v) is 3.21. The van der Waals surface area contributed by atoms with Gasteiger partial charge in [-0.2, -0.15) is 5.10 Å². The molecule has 0 radical (unpaired) electrons. The van der Waals surface area contributed by atoms with Crippen LogP contribution >= 0.6 is 0 Å². The molecule has 1 amide bonds. The molecule has 0 fully saturated rings. The third kappa shape index (κ3) is 3.00. The standard InChI is InChI=1S/C17H15N3O/c1-20-12-11-16(19-20)18-17(21)15-9-7-14(8-10-15)13-5-3-2-4-6-13/h2-12H,1H3,(H,18,19,21). The molecular formula is C17H15N3O. The summed E-state index contributed by atoms with van der Waals surface area (Å²) in [5.41, 5.74) is 2.83. The van der Waals surface area contributed by atoms with Crippen LogP contribution in [0.5, 0.6) is 0 Å². The Morgan fingerprint density at radius 3 is 2.24 bits per heavy atom. The van der Waals surface area contributed by atoms with Crippen LogP contribution in [-0.4, -0.2) is 15.7 Å². The van der Waals surface area contributed by atoms with Gasteiger partial charge in [0.25, 0.3) is 5.91 Å². The highest BCUT2D eigenvalue weighted by Gasteiger charge is 2.07. The SMILES string of the molecule is Cn1ccc(NC(=O)c2ccc(-c3ccccc3)cc2)n1. The predicted molar refractivity (Wildman–Crippen MR) is 83.0 cm³/mol. The first-order valence-electron chi connectivity index (χ1n) is 6.69. The lowest BCUT2D eigenvalue weighted by molar-refractivity contribution is 0.102. The molecular weight excluding hydrogens is 262 g/mol. The van der Waals surface area contributed by atoms with Crippen molar-refractivity contribution in [3.63, 3.8) is 0 Å². The largest absolute Gasteiger partial charge is 0.305 e. The number of hydrogen-bond donors (Lipinski definition) is 1. The summed E-state index contributed by atoms with van der Waals surface area (Å²) in [6.07, 6.45) is 1.79. The van der Waals surface area contributed by atoms with Crippen LogP contribution in [-0.2, 0) is 7.05 Å². The molecule has 4 nitrogen and oxygen atoms in total. The van der Waals surface area contributed by atoms with Gasteiger partial charge >= 0.3 is 0 Å². The van der Waals surface area contributed by atoms with E-state index in [0.29, 0.717) is 11.4 Å². The highest BCUT2D eigenvalue weighted by molar-refractivity contribution is 6.03. The van der Waals surface area contributed by atoms with Crippen molar-refractivity contribution < 1.29 is 4.79 Å². The molecule has 0 saturated heterocycles. The van der Waals surface area contributed by atoms with E-state index >= 15 is 0 Å². The second kappa shape index (κ2) is 5.63. The van der Waals surface area contributed by atoms with Gasteiger partial charge in [-0.1, -0.05) is 42.5 Å². The number of carbonyl (C=O) groups is 1. The monoisotopic (exact) mass is 277 g/mol. The molecule has 1 aromatic heterocycles. The minimum Gasteiger partial charge on any atom is -0.305 e. The van der Waals surface area contributed by atoms with Crippen molar-refractivity contribution in [2.75, 3.05) is 5.32 Å². The highest BCUT2D eigenvalue weighted by atomic mass is 16.1. The molecule has 21 heavy (non-hydrogen) atoms. The number of amides is 1. The number of carbonyl (C=O) groups excluding carboxylic acids is 1. The second-order valence-corrected chi connectivity index (χ2v) is 4.77. The molecule has 0 bridgehead atoms. The first-order valence-corrected chi connectivity index (χ1v) is 6.69. The maximum Gasteiger partial charge on any atom is 0.256 e. The van der Waals surface area contributed by atoms with Gasteiger partial charge in [0.2, 0.25) is 0 Å². The van der Waals surface area contributed by atoms with Gasteiger partial charge in [0, 0.05) is 24.9 Å². The summed E-state index contributed by atoms with van der Waals surface area (Å²) in [7, 11) is 1.81. The number of nitrogens with one attached hydrogen (secondary N) is 1. The number of benzene rings is 2. The predicted octanol–water partition coefficient (Wildman–Crippen LogP) is 3.34. The normalized spacial score (nSPS) is 10.3. The van der Waals surface area contributed by atoms with Gasteiger partial charge in [-0.05, 0) is 23.3 Å². The van der Waals surface area contributed by atoms with Crippen LogP contribution in [0.4, 0.5) is 5.82 Å². The molecule has 0 atom stereocenters. The molecule has 0 aliphatic heterocycles. The minimum atomic E-state index is -0.159. The van der Waals surface area contributed by atoms with Crippen molar-refractivity contribution in [3.05, 3.63) is 72.4 Å². The molecule has 104 valence electrons. The molecule has 0 spiro atoms. The van der Waals surface area contributed by atoms with E-state index in [0.717, 1.165) is 11.1 Å². The van der Waals surface area contributed by atoms with E-state index in [1.165, 1.54) is 0 Å². The Balaban J connectivity index is 1.76. The number of anilines is 1. The Kier molecular flexibility index (Phi) is 3.51. The molecule has 1 N–H and O–H groups in total. The Hall–Kier alpha value is -2.88. The van der Waals surface area contributed by atoms with Gasteiger partial charge in [-0.3, -0.25) is 9.48 Å². The van der Waals surface area contributed by atoms with E-state index in [4.69, 9.17) is 0 Å². The van der Waals surface area contributed by atoms with Crippen molar-refractivity contribution in [1.29, 1.82) is 0 Å². The van der Waals surface area contributed by atoms with Gasteiger partial charge in [0.1, 0.15) is 0 Å². The summed E-state index contributed by atoms with van der Waals surface area (Å²) in [6.45, 7) is 0. The molecule has 1 heterocycles. The average Bonchev–Trinajstić information content (AvgIpc) is 2.93. The maximum atomic E-state index is 12.1. The molecule has 4 heteroatoms. The number of hydrogen-bond acceptors (Lipinski definition) is 2. The highest BCUT2D eigenvalue weighted by Crippen LogP contribution is 2.19. The smallest absolute Gasteiger partial charge is 0.256 e. The number of nitrogens with zero attached hydrogens (tertiary/aromatic N) is 2. The van der Waals surface area contributed by atoms with E-state index in [1.54, 1.807) is 16.9 Å². The number of rotatable bonds is 3. The zero-order valence-corrected chi connectivity index (χ0v) is 11.7. The second-order valence-electron chi connectivity index (χ2n) is 4.77. The molecule has 3 rings (SSSR count). The van der Waals surface area contributed by atoms with Crippen LogP contribution in [0, 0.1) is 0 Å². The lowest BCUT2D eigenvalue weighted by Gasteiger charge is -2.04. The van der Waals surface area contributed by atoms with Crippen molar-refractivity contribution in [2.24, 2.45) is 7.05 Å². The van der Waals surface area contributed by atoms with E-state index in [9.17, 15) is 4.79 Å². The topological polar surface area (TPSA) is 46.9 Å². The van der Waals surface area contributed by atoms with Gasteiger partial charge in [-0.25, -0.2) is 0 Å². The van der Waals surface area contributed by atoms with E-state index in [-0.39, 0.29) is 5.91 Å². The summed E-state index contributed by atoms with van der Waals surface area (Å²) in [5, 5.41) is 6.89. The van der Waals surface area contributed by atoms with Gasteiger partial charge in [0.15, 0.2) is 5.82 Å². The first-order chi connectivity index (χ1) is 10.2. The third-order valence-electron chi connectivity index (χ3n) is 3.21. The van der Waals surface area contributed by atoms with Crippen LogP contribution in [0.3, 0.4) is 0 Å². The van der Waals surface area contributed by atoms with E-state index in [2.05, 4.69) is 10.4 Å². The first kappa shape index (κ1) is 13.1. The summed E-state index contributed by atoms with van der Waals surface area (Å²) in [5.74, 6) is 0.392. The van der Waals surface area contributed by atoms with E-state index in [1.807, 2.05) is 61.6 Å². The van der Waals surface area contributed by atoms with E-state index < -0.39 is 0 Å². The number of aromatic nitrogens is 2. The quantitative estimate of drug-likeness (QED) is 0.798. The summed E-state index contributed by atoms with van der Waals surface area (Å²) < 4.78 is 1.65. The fourth-order valence-electron chi connectivity index (χ4n) is 2.11. The zero-order valence-electron chi connectivity index (χ0n) is 11.7. The van der Waals surface area contributed by atoms with Crippen molar-refractivity contribution >= 4 is 11.7 Å². The lowest BCUT2D eigenvalue weighted by Crippen LogP contribution is -2.12. The Bertz CT molecular complexity index is 745.